The van der Waals surface area contributed by atoms with Crippen molar-refractivity contribution in [1.82, 2.24) is 14.0 Å². The topological polar surface area (TPSA) is 77.6 Å². The SMILES string of the molecule is COCCCn1c(C(=O)Nc2ccc(C)cc2)cc2c(=O)n3cccc(C)c3nc21. The summed E-state index contributed by atoms with van der Waals surface area (Å²) >= 11 is 0. The molecule has 154 valence electrons. The lowest BCUT2D eigenvalue weighted by atomic mass is 10.2. The Hall–Kier alpha value is -3.45. The van der Waals surface area contributed by atoms with Crippen LogP contribution in [0.2, 0.25) is 0 Å². The Morgan fingerprint density at radius 1 is 1.13 bits per heavy atom. The van der Waals surface area contributed by atoms with Gasteiger partial charge in [0.2, 0.25) is 0 Å². The minimum atomic E-state index is -0.278. The predicted molar refractivity (Wildman–Crippen MR) is 117 cm³/mol. The number of nitrogens with zero attached hydrogens (tertiary/aromatic N) is 3. The third-order valence-electron chi connectivity index (χ3n) is 5.16. The molecule has 0 aliphatic heterocycles. The first-order chi connectivity index (χ1) is 14.5. The van der Waals surface area contributed by atoms with E-state index >= 15 is 0 Å². The molecule has 30 heavy (non-hydrogen) atoms. The second-order valence-electron chi connectivity index (χ2n) is 7.39. The van der Waals surface area contributed by atoms with Gasteiger partial charge < -0.3 is 14.6 Å². The van der Waals surface area contributed by atoms with E-state index in [1.165, 1.54) is 4.40 Å². The summed E-state index contributed by atoms with van der Waals surface area (Å²) in [6.45, 7) is 4.97. The van der Waals surface area contributed by atoms with Crippen LogP contribution in [0.4, 0.5) is 5.69 Å². The summed E-state index contributed by atoms with van der Waals surface area (Å²) in [5, 5.41) is 3.34. The molecule has 0 saturated carbocycles. The van der Waals surface area contributed by atoms with Gasteiger partial charge >= 0.3 is 0 Å². The van der Waals surface area contributed by atoms with Gasteiger partial charge in [-0.1, -0.05) is 23.8 Å². The summed E-state index contributed by atoms with van der Waals surface area (Å²) < 4.78 is 8.51. The molecule has 0 aliphatic carbocycles. The summed E-state index contributed by atoms with van der Waals surface area (Å²) in [5.74, 6) is -0.278. The number of methoxy groups -OCH3 is 1. The van der Waals surface area contributed by atoms with Gasteiger partial charge in [0, 0.05) is 32.1 Å². The highest BCUT2D eigenvalue weighted by Gasteiger charge is 2.20. The largest absolute Gasteiger partial charge is 0.385 e. The van der Waals surface area contributed by atoms with Crippen LogP contribution in [0, 0.1) is 13.8 Å². The first-order valence-corrected chi connectivity index (χ1v) is 9.88. The number of aromatic nitrogens is 3. The molecule has 0 unspecified atom stereocenters. The summed E-state index contributed by atoms with van der Waals surface area (Å²) in [6.07, 6.45) is 2.39. The molecule has 4 aromatic rings. The minimum Gasteiger partial charge on any atom is -0.385 e. The standard InChI is InChI=1S/C23H24N4O3/c1-15-7-9-17(10-8-15)24-22(28)19-14-18-21(26(19)12-5-13-30-3)25-20-16(2)6-4-11-27(20)23(18)29/h4,6-11,14H,5,12-13H2,1-3H3,(H,24,28). The Bertz CT molecular complexity index is 1290. The Kier molecular flexibility index (Phi) is 5.37. The normalized spacial score (nSPS) is 11.3. The minimum absolute atomic E-state index is 0.187. The second kappa shape index (κ2) is 8.12. The van der Waals surface area contributed by atoms with E-state index < -0.39 is 0 Å². The van der Waals surface area contributed by atoms with E-state index in [0.717, 1.165) is 11.1 Å². The van der Waals surface area contributed by atoms with Gasteiger partial charge in [0.25, 0.3) is 11.5 Å². The van der Waals surface area contributed by atoms with E-state index in [4.69, 9.17) is 9.72 Å². The van der Waals surface area contributed by atoms with Crippen LogP contribution >= 0.6 is 0 Å². The van der Waals surface area contributed by atoms with Crippen LogP contribution in [0.15, 0.2) is 53.5 Å². The molecule has 0 saturated heterocycles. The molecule has 0 atom stereocenters. The molecule has 3 heterocycles. The molecule has 0 fully saturated rings. The molecular weight excluding hydrogens is 380 g/mol. The molecule has 0 radical (unpaired) electrons. The molecule has 0 aliphatic rings. The molecule has 0 spiro atoms. The van der Waals surface area contributed by atoms with Gasteiger partial charge in [-0.25, -0.2) is 4.98 Å². The maximum absolute atomic E-state index is 13.1. The van der Waals surface area contributed by atoms with Gasteiger partial charge in [-0.05, 0) is 50.1 Å². The Morgan fingerprint density at radius 2 is 1.90 bits per heavy atom. The smallest absolute Gasteiger partial charge is 0.272 e. The highest BCUT2D eigenvalue weighted by atomic mass is 16.5. The molecular formula is C23H24N4O3. The van der Waals surface area contributed by atoms with Gasteiger partial charge in [-0.2, -0.15) is 0 Å². The van der Waals surface area contributed by atoms with Crippen molar-refractivity contribution in [2.24, 2.45) is 0 Å². The number of carbonyl (C=O) groups excluding carboxylic acids is 1. The fraction of sp³-hybridized carbons (Fsp3) is 0.261. The van der Waals surface area contributed by atoms with Crippen molar-refractivity contribution in [2.75, 3.05) is 19.0 Å². The monoisotopic (exact) mass is 404 g/mol. The number of benzene rings is 1. The van der Waals surface area contributed by atoms with Gasteiger partial charge in [0.05, 0.1) is 5.39 Å². The highest BCUT2D eigenvalue weighted by Crippen LogP contribution is 2.20. The van der Waals surface area contributed by atoms with Crippen LogP contribution in [-0.2, 0) is 11.3 Å². The Labute approximate surface area is 173 Å². The van der Waals surface area contributed by atoms with E-state index in [9.17, 15) is 9.59 Å². The van der Waals surface area contributed by atoms with Crippen molar-refractivity contribution in [3.8, 4) is 0 Å². The summed E-state index contributed by atoms with van der Waals surface area (Å²) in [6, 6.07) is 13.0. The number of nitrogens with one attached hydrogen (secondary N) is 1. The molecule has 7 nitrogen and oxygen atoms in total. The molecule has 3 aromatic heterocycles. The average molecular weight is 404 g/mol. The van der Waals surface area contributed by atoms with Crippen LogP contribution in [-0.4, -0.2) is 33.6 Å². The Morgan fingerprint density at radius 3 is 2.63 bits per heavy atom. The van der Waals surface area contributed by atoms with Gasteiger partial charge in [-0.15, -0.1) is 0 Å². The number of rotatable bonds is 6. The van der Waals surface area contributed by atoms with E-state index in [1.54, 1.807) is 19.4 Å². The molecule has 1 amide bonds. The molecule has 7 heteroatoms. The fourth-order valence-corrected chi connectivity index (χ4v) is 3.57. The number of amides is 1. The van der Waals surface area contributed by atoms with Gasteiger partial charge in [-0.3, -0.25) is 14.0 Å². The quantitative estimate of drug-likeness (QED) is 0.499. The van der Waals surface area contributed by atoms with E-state index in [2.05, 4.69) is 5.32 Å². The number of fused-ring (bicyclic) bond motifs is 2. The summed E-state index contributed by atoms with van der Waals surface area (Å²) in [5.41, 5.74) is 4.03. The van der Waals surface area contributed by atoms with Crippen molar-refractivity contribution in [2.45, 2.75) is 26.8 Å². The van der Waals surface area contributed by atoms with Crippen LogP contribution in [0.1, 0.15) is 28.0 Å². The van der Waals surface area contributed by atoms with Crippen molar-refractivity contribution in [1.29, 1.82) is 0 Å². The number of anilines is 1. The second-order valence-corrected chi connectivity index (χ2v) is 7.39. The number of hydrogen-bond donors (Lipinski definition) is 1. The van der Waals surface area contributed by atoms with Gasteiger partial charge in [0.15, 0.2) is 0 Å². The first-order valence-electron chi connectivity index (χ1n) is 9.88. The number of aryl methyl sites for hydroxylation is 3. The number of hydrogen-bond acceptors (Lipinski definition) is 4. The highest BCUT2D eigenvalue weighted by molar-refractivity contribution is 6.06. The maximum Gasteiger partial charge on any atom is 0.272 e. The summed E-state index contributed by atoms with van der Waals surface area (Å²) in [4.78, 5) is 30.9. The number of carbonyl (C=O) groups is 1. The molecule has 4 rings (SSSR count). The van der Waals surface area contributed by atoms with Crippen molar-refractivity contribution < 1.29 is 9.53 Å². The Balaban J connectivity index is 1.85. The van der Waals surface area contributed by atoms with Gasteiger partial charge in [0.1, 0.15) is 17.0 Å². The first kappa shape index (κ1) is 19.8. The number of pyridine rings is 1. The predicted octanol–water partition coefficient (Wildman–Crippen LogP) is 3.55. The van der Waals surface area contributed by atoms with Crippen LogP contribution in [0.3, 0.4) is 0 Å². The lowest BCUT2D eigenvalue weighted by Crippen LogP contribution is -2.18. The molecule has 0 bridgehead atoms. The average Bonchev–Trinajstić information content (AvgIpc) is 3.10. The number of ether oxygens (including phenoxy) is 1. The van der Waals surface area contributed by atoms with E-state index in [0.29, 0.717) is 47.6 Å². The summed E-state index contributed by atoms with van der Waals surface area (Å²) in [7, 11) is 1.64. The van der Waals surface area contributed by atoms with Crippen LogP contribution in [0.5, 0.6) is 0 Å². The molecule has 1 N–H and O–H groups in total. The zero-order valence-electron chi connectivity index (χ0n) is 17.3. The van der Waals surface area contributed by atoms with E-state index in [-0.39, 0.29) is 11.5 Å². The van der Waals surface area contributed by atoms with Crippen LogP contribution < -0.4 is 10.9 Å². The zero-order valence-corrected chi connectivity index (χ0v) is 17.3. The third kappa shape index (κ3) is 3.59. The molecule has 1 aromatic carbocycles. The zero-order chi connectivity index (χ0) is 21.3. The fourth-order valence-electron chi connectivity index (χ4n) is 3.57. The van der Waals surface area contributed by atoms with Crippen molar-refractivity contribution >= 4 is 28.3 Å². The van der Waals surface area contributed by atoms with Crippen molar-refractivity contribution in [3.63, 3.8) is 0 Å². The lowest BCUT2D eigenvalue weighted by molar-refractivity contribution is 0.101. The lowest BCUT2D eigenvalue weighted by Gasteiger charge is -2.11. The third-order valence-corrected chi connectivity index (χ3v) is 5.16. The van der Waals surface area contributed by atoms with Crippen molar-refractivity contribution in [3.05, 3.63) is 75.8 Å². The van der Waals surface area contributed by atoms with E-state index in [1.807, 2.05) is 54.8 Å². The maximum atomic E-state index is 13.1. The van der Waals surface area contributed by atoms with Crippen LogP contribution in [0.25, 0.3) is 16.7 Å².